The quantitative estimate of drug-likeness (QED) is 0.752. The molecular formula is C21H23F3N4O2. The fraction of sp³-hybridized carbons (Fsp3) is 0.381. The summed E-state index contributed by atoms with van der Waals surface area (Å²) in [5, 5.41) is 0. The molecule has 0 saturated carbocycles. The number of benzene rings is 1. The molecule has 1 aromatic carbocycles. The maximum Gasteiger partial charge on any atom is 0.255 e. The van der Waals surface area contributed by atoms with Crippen molar-refractivity contribution < 1.29 is 22.8 Å². The summed E-state index contributed by atoms with van der Waals surface area (Å²) in [6, 6.07) is 3.89. The third-order valence-electron chi connectivity index (χ3n) is 5.05. The zero-order chi connectivity index (χ0) is 21.7. The summed E-state index contributed by atoms with van der Waals surface area (Å²) < 4.78 is 40.2. The molecule has 0 bridgehead atoms. The van der Waals surface area contributed by atoms with Gasteiger partial charge in [0.2, 0.25) is 5.91 Å². The van der Waals surface area contributed by atoms with Gasteiger partial charge in [0, 0.05) is 57.1 Å². The molecule has 0 spiro atoms. The standard InChI is InChI=1S/C21H23F3N4O2/c22-17-12-19(24)18(23)10-15(17)9-16(25)11-20(29)27-5-2-6-28(8-7-27)21(30)14-3-1-4-26-13-14/h1,3-4,10,12-13,16H,2,5-9,11,25H2/t16-/m1/s1. The molecule has 1 aliphatic rings. The van der Waals surface area contributed by atoms with Crippen molar-refractivity contribution >= 4 is 11.8 Å². The van der Waals surface area contributed by atoms with Gasteiger partial charge < -0.3 is 15.5 Å². The molecule has 1 saturated heterocycles. The van der Waals surface area contributed by atoms with Gasteiger partial charge >= 0.3 is 0 Å². The molecular weight excluding hydrogens is 397 g/mol. The van der Waals surface area contributed by atoms with E-state index < -0.39 is 23.5 Å². The number of amides is 2. The number of nitrogens with two attached hydrogens (primary N) is 1. The normalized spacial score (nSPS) is 15.6. The lowest BCUT2D eigenvalue weighted by Crippen LogP contribution is -2.40. The van der Waals surface area contributed by atoms with Crippen LogP contribution in [0.2, 0.25) is 0 Å². The van der Waals surface area contributed by atoms with E-state index in [-0.39, 0.29) is 30.2 Å². The van der Waals surface area contributed by atoms with Gasteiger partial charge in [0.1, 0.15) is 5.82 Å². The van der Waals surface area contributed by atoms with E-state index in [9.17, 15) is 22.8 Å². The van der Waals surface area contributed by atoms with Gasteiger partial charge in [0.25, 0.3) is 5.91 Å². The van der Waals surface area contributed by atoms with E-state index in [2.05, 4.69) is 4.98 Å². The van der Waals surface area contributed by atoms with Crippen LogP contribution >= 0.6 is 0 Å². The molecule has 2 amide bonds. The molecule has 0 aliphatic carbocycles. The van der Waals surface area contributed by atoms with E-state index >= 15 is 0 Å². The molecule has 160 valence electrons. The van der Waals surface area contributed by atoms with Crippen molar-refractivity contribution in [3.63, 3.8) is 0 Å². The Morgan fingerprint density at radius 1 is 1.03 bits per heavy atom. The monoisotopic (exact) mass is 420 g/mol. The predicted octanol–water partition coefficient (Wildman–Crippen LogP) is 2.13. The number of hydrogen-bond acceptors (Lipinski definition) is 4. The van der Waals surface area contributed by atoms with E-state index in [0.717, 1.165) is 6.07 Å². The van der Waals surface area contributed by atoms with Gasteiger partial charge in [-0.05, 0) is 36.6 Å². The highest BCUT2D eigenvalue weighted by atomic mass is 19.2. The number of aromatic nitrogens is 1. The highest BCUT2D eigenvalue weighted by Gasteiger charge is 2.24. The number of rotatable bonds is 5. The summed E-state index contributed by atoms with van der Waals surface area (Å²) in [5.41, 5.74) is 6.38. The lowest BCUT2D eigenvalue weighted by Gasteiger charge is -2.23. The Morgan fingerprint density at radius 3 is 2.47 bits per heavy atom. The van der Waals surface area contributed by atoms with Crippen LogP contribution < -0.4 is 5.73 Å². The van der Waals surface area contributed by atoms with Crippen LogP contribution in [0.4, 0.5) is 13.2 Å². The van der Waals surface area contributed by atoms with Crippen molar-refractivity contribution in [2.24, 2.45) is 5.73 Å². The second-order valence-electron chi connectivity index (χ2n) is 7.29. The molecule has 2 N–H and O–H groups in total. The Morgan fingerprint density at radius 2 is 1.73 bits per heavy atom. The van der Waals surface area contributed by atoms with Crippen molar-refractivity contribution in [2.75, 3.05) is 26.2 Å². The molecule has 1 atom stereocenters. The molecule has 0 radical (unpaired) electrons. The topological polar surface area (TPSA) is 79.5 Å². The molecule has 1 fully saturated rings. The first-order valence-electron chi connectivity index (χ1n) is 9.71. The number of nitrogens with zero attached hydrogens (tertiary/aromatic N) is 3. The third kappa shape index (κ3) is 5.35. The van der Waals surface area contributed by atoms with E-state index in [0.29, 0.717) is 44.2 Å². The molecule has 2 heterocycles. The molecule has 1 aliphatic heterocycles. The molecule has 2 aromatic rings. The van der Waals surface area contributed by atoms with E-state index in [1.54, 1.807) is 28.1 Å². The second kappa shape index (κ2) is 9.71. The van der Waals surface area contributed by atoms with Crippen LogP contribution in [0.25, 0.3) is 0 Å². The van der Waals surface area contributed by atoms with E-state index in [1.807, 2.05) is 0 Å². The van der Waals surface area contributed by atoms with Crippen LogP contribution in [-0.4, -0.2) is 58.8 Å². The molecule has 30 heavy (non-hydrogen) atoms. The average molecular weight is 420 g/mol. The number of hydrogen-bond donors (Lipinski definition) is 1. The first kappa shape index (κ1) is 21.8. The molecule has 1 aromatic heterocycles. The summed E-state index contributed by atoms with van der Waals surface area (Å²) in [6.45, 7) is 1.73. The van der Waals surface area contributed by atoms with Gasteiger partial charge in [0.15, 0.2) is 11.6 Å². The van der Waals surface area contributed by atoms with Crippen LogP contribution in [0.3, 0.4) is 0 Å². The van der Waals surface area contributed by atoms with Crippen LogP contribution in [0.15, 0.2) is 36.7 Å². The van der Waals surface area contributed by atoms with E-state index in [1.165, 1.54) is 6.20 Å². The number of carbonyl (C=O) groups excluding carboxylic acids is 2. The van der Waals surface area contributed by atoms with Crippen LogP contribution in [0.5, 0.6) is 0 Å². The largest absolute Gasteiger partial charge is 0.341 e. The summed E-state index contributed by atoms with van der Waals surface area (Å²) in [4.78, 5) is 32.4. The smallest absolute Gasteiger partial charge is 0.255 e. The fourth-order valence-electron chi connectivity index (χ4n) is 3.47. The van der Waals surface area contributed by atoms with Crippen molar-refractivity contribution in [3.8, 4) is 0 Å². The minimum Gasteiger partial charge on any atom is -0.341 e. The lowest BCUT2D eigenvalue weighted by molar-refractivity contribution is -0.131. The Kier molecular flexibility index (Phi) is 7.04. The minimum atomic E-state index is -1.27. The van der Waals surface area contributed by atoms with Crippen LogP contribution in [0.1, 0.15) is 28.8 Å². The zero-order valence-electron chi connectivity index (χ0n) is 16.4. The average Bonchev–Trinajstić information content (AvgIpc) is 2.98. The fourth-order valence-corrected chi connectivity index (χ4v) is 3.47. The first-order valence-corrected chi connectivity index (χ1v) is 9.71. The lowest BCUT2D eigenvalue weighted by atomic mass is 10.0. The maximum absolute atomic E-state index is 13.8. The zero-order valence-corrected chi connectivity index (χ0v) is 16.4. The van der Waals surface area contributed by atoms with E-state index in [4.69, 9.17) is 5.73 Å². The molecule has 6 nitrogen and oxygen atoms in total. The Labute approximate surface area is 172 Å². The van der Waals surface area contributed by atoms with Gasteiger partial charge in [-0.15, -0.1) is 0 Å². The molecule has 9 heteroatoms. The van der Waals surface area contributed by atoms with Crippen molar-refractivity contribution in [3.05, 3.63) is 65.2 Å². The van der Waals surface area contributed by atoms with Gasteiger partial charge in [-0.3, -0.25) is 14.6 Å². The number of pyridine rings is 1. The van der Waals surface area contributed by atoms with Gasteiger partial charge in [-0.1, -0.05) is 0 Å². The summed E-state index contributed by atoms with van der Waals surface area (Å²) in [7, 11) is 0. The van der Waals surface area contributed by atoms with Crippen LogP contribution in [0, 0.1) is 17.5 Å². The first-order chi connectivity index (χ1) is 14.3. The molecule has 0 unspecified atom stereocenters. The van der Waals surface area contributed by atoms with Crippen molar-refractivity contribution in [1.29, 1.82) is 0 Å². The predicted molar refractivity (Wildman–Crippen MR) is 104 cm³/mol. The van der Waals surface area contributed by atoms with Crippen molar-refractivity contribution in [2.45, 2.75) is 25.3 Å². The Hall–Kier alpha value is -2.94. The third-order valence-corrected chi connectivity index (χ3v) is 5.05. The SMILES string of the molecule is N[C@@H](CC(=O)N1CCCN(C(=O)c2cccnc2)CC1)Cc1cc(F)c(F)cc1F. The Balaban J connectivity index is 1.54. The van der Waals surface area contributed by atoms with Gasteiger partial charge in [0.05, 0.1) is 5.56 Å². The summed E-state index contributed by atoms with van der Waals surface area (Å²) in [5.74, 6) is -3.67. The number of carbonyl (C=O) groups is 2. The maximum atomic E-state index is 13.8. The van der Waals surface area contributed by atoms with Gasteiger partial charge in [-0.2, -0.15) is 0 Å². The summed E-state index contributed by atoms with van der Waals surface area (Å²) >= 11 is 0. The van der Waals surface area contributed by atoms with Crippen LogP contribution in [-0.2, 0) is 11.2 Å². The van der Waals surface area contributed by atoms with Crippen molar-refractivity contribution in [1.82, 2.24) is 14.8 Å². The molecule has 3 rings (SSSR count). The highest BCUT2D eigenvalue weighted by Crippen LogP contribution is 2.16. The summed E-state index contributed by atoms with van der Waals surface area (Å²) in [6.07, 6.45) is 3.57. The minimum absolute atomic E-state index is 0.0605. The number of halogens is 3. The second-order valence-corrected chi connectivity index (χ2v) is 7.29. The Bertz CT molecular complexity index is 911. The highest BCUT2D eigenvalue weighted by molar-refractivity contribution is 5.94. The van der Waals surface area contributed by atoms with Gasteiger partial charge in [-0.25, -0.2) is 13.2 Å².